The van der Waals surface area contributed by atoms with Gasteiger partial charge in [0.25, 0.3) is 6.33 Å². The summed E-state index contributed by atoms with van der Waals surface area (Å²) in [5.41, 5.74) is 11.5. The summed E-state index contributed by atoms with van der Waals surface area (Å²) in [5, 5.41) is 2.09. The molecule has 3 heterocycles. The van der Waals surface area contributed by atoms with Crippen LogP contribution in [0.5, 0.6) is 11.5 Å². The maximum atomic E-state index is 9.13. The van der Waals surface area contributed by atoms with Gasteiger partial charge in [0.05, 0.1) is 23.6 Å². The van der Waals surface area contributed by atoms with Gasteiger partial charge in [-0.1, -0.05) is 186 Å². The van der Waals surface area contributed by atoms with Gasteiger partial charge in [-0.2, -0.15) is 18.2 Å². The van der Waals surface area contributed by atoms with E-state index in [0.717, 1.165) is 72.9 Å². The number of benzene rings is 8. The van der Waals surface area contributed by atoms with Crippen LogP contribution in [0, 0.1) is 23.9 Å². The van der Waals surface area contributed by atoms with E-state index in [-0.39, 0.29) is 49.5 Å². The third-order valence-corrected chi connectivity index (χ3v) is 12.4. The fraction of sp³-hybridized carbons (Fsp3) is 0.143. The van der Waals surface area contributed by atoms with Gasteiger partial charge in [0, 0.05) is 44.3 Å². The van der Waals surface area contributed by atoms with Crippen LogP contribution in [0.3, 0.4) is 0 Å². The van der Waals surface area contributed by atoms with Crippen LogP contribution in [-0.2, 0) is 32.9 Å². The molecule has 0 aliphatic carbocycles. The molecule has 0 saturated carbocycles. The summed E-state index contributed by atoms with van der Waals surface area (Å²) >= 11 is 0. The molecule has 0 amide bonds. The van der Waals surface area contributed by atoms with E-state index in [1.165, 1.54) is 5.56 Å². The Morgan fingerprint density at radius 2 is 1.33 bits per heavy atom. The molecule has 0 saturated heterocycles. The van der Waals surface area contributed by atoms with Crippen molar-refractivity contribution in [3.8, 4) is 62.1 Å². The van der Waals surface area contributed by atoms with E-state index >= 15 is 0 Å². The number of rotatable bonds is 9. The Kier molecular flexibility index (Phi) is 10.5. The Labute approximate surface area is 426 Å². The number of para-hydroxylation sites is 3. The summed E-state index contributed by atoms with van der Waals surface area (Å²) in [6.07, 6.45) is 6.36. The molecule has 0 N–H and O–H groups in total. The monoisotopic (exact) mass is 1080 g/mol. The van der Waals surface area contributed by atoms with Gasteiger partial charge >= 0.3 is 0 Å². The topological polar surface area (TPSA) is 35.9 Å². The molecule has 8 aromatic carbocycles. The van der Waals surface area contributed by atoms with Crippen molar-refractivity contribution in [1.82, 2.24) is 14.1 Å². The fourth-order valence-electron chi connectivity index (χ4n) is 9.25. The van der Waals surface area contributed by atoms with E-state index in [1.807, 2.05) is 94.2 Å². The van der Waals surface area contributed by atoms with Gasteiger partial charge in [0.2, 0.25) is 0 Å². The minimum atomic E-state index is -0.444. The second-order valence-electron chi connectivity index (χ2n) is 19.6. The van der Waals surface area contributed by atoms with Crippen molar-refractivity contribution in [3.63, 3.8) is 0 Å². The van der Waals surface area contributed by atoms with Crippen LogP contribution >= 0.6 is 0 Å². The molecular weight excluding hydrogens is 1020 g/mol. The number of ether oxygens (including phenoxy) is 1. The molecule has 342 valence electrons. The van der Waals surface area contributed by atoms with E-state index in [9.17, 15) is 0 Å². The third kappa shape index (κ3) is 8.96. The zero-order chi connectivity index (χ0) is 50.9. The summed E-state index contributed by atoms with van der Waals surface area (Å²) < 4.78 is 56.7. The van der Waals surface area contributed by atoms with Crippen LogP contribution in [0.2, 0.25) is 0 Å². The molecule has 5 nitrogen and oxygen atoms in total. The minimum Gasteiger partial charge on any atom is -0.510 e. The smallest absolute Gasteiger partial charge is 0.268 e. The van der Waals surface area contributed by atoms with Crippen LogP contribution in [0.25, 0.3) is 83.4 Å². The van der Waals surface area contributed by atoms with E-state index < -0.39 is 18.1 Å². The number of aromatic nitrogens is 4. The SMILES string of the molecule is [2H]c1c([2H])c([2H])c(-c2cccc(-c3cccc(CC(C)(C)C)c3)c2-[n+]2[c-]n(-c3[c-]c(Oc4[c-]c5c(cc4)c4cc(-c6ccccc6)ccc4n5-c4cc(C(C)(C)C)ccn4)ccc3)c3ccccc32)c([2H])c1[2H].[Pt]. The minimum absolute atomic E-state index is 0. The molecule has 3 aromatic heterocycles. The van der Waals surface area contributed by atoms with E-state index in [2.05, 4.69) is 143 Å². The molecule has 0 radical (unpaired) electrons. The summed E-state index contributed by atoms with van der Waals surface area (Å²) in [6.45, 7) is 13.3. The third-order valence-electron chi connectivity index (χ3n) is 12.4. The predicted octanol–water partition coefficient (Wildman–Crippen LogP) is 15.5. The summed E-state index contributed by atoms with van der Waals surface area (Å²) in [5.74, 6) is 1.75. The first kappa shape index (κ1) is 39.6. The number of hydrogen-bond acceptors (Lipinski definition) is 2. The summed E-state index contributed by atoms with van der Waals surface area (Å²) in [4.78, 5) is 4.91. The molecule has 69 heavy (non-hydrogen) atoms. The molecule has 0 unspecified atom stereocenters. The van der Waals surface area contributed by atoms with Crippen molar-refractivity contribution in [2.24, 2.45) is 5.41 Å². The van der Waals surface area contributed by atoms with Gasteiger partial charge in [-0.3, -0.25) is 4.57 Å². The van der Waals surface area contributed by atoms with Crippen molar-refractivity contribution in [1.29, 1.82) is 0 Å². The van der Waals surface area contributed by atoms with E-state index in [4.69, 9.17) is 16.6 Å². The molecule has 0 aliphatic heterocycles. The second kappa shape index (κ2) is 18.3. The number of nitrogens with zero attached hydrogens (tertiary/aromatic N) is 4. The zero-order valence-electron chi connectivity index (χ0n) is 44.3. The van der Waals surface area contributed by atoms with E-state index in [1.54, 1.807) is 0 Å². The Balaban J connectivity index is 0.00000626. The Morgan fingerprint density at radius 1 is 0.609 bits per heavy atom. The molecule has 0 spiro atoms. The van der Waals surface area contributed by atoms with Crippen molar-refractivity contribution in [3.05, 3.63) is 224 Å². The molecule has 11 rings (SSSR count). The molecule has 0 atom stereocenters. The average molecular weight is 1080 g/mol. The van der Waals surface area contributed by atoms with Crippen LogP contribution in [0.15, 0.2) is 194 Å². The van der Waals surface area contributed by atoms with Gasteiger partial charge in [0.15, 0.2) is 0 Å². The van der Waals surface area contributed by atoms with Gasteiger partial charge in [-0.15, -0.1) is 29.7 Å². The predicted molar refractivity (Wildman–Crippen MR) is 278 cm³/mol. The molecule has 6 heteroatoms. The molecule has 11 aromatic rings. The van der Waals surface area contributed by atoms with Crippen molar-refractivity contribution < 1.29 is 37.2 Å². The first-order chi connectivity index (χ1) is 35.0. The Hall–Kier alpha value is -7.33. The standard InChI is InChI=1S/C63H52N4O.Pt/c1-62(2,3)41-43-18-15-23-47(36-43)53-27-17-26-52(45-21-11-8-12-22-45)61(53)66-42-65(57-28-13-14-29-58(57)66)49-24-16-25-50(39-49)68-51-31-32-54-55-37-46(44-19-9-7-10-20-44)30-33-56(55)67(59(54)40-51)60-38-48(34-35-64-60)63(4,5)6;/h7-38H,41H2,1-6H3;/q-2;/i8D,11D,12D,21D,22D;. The Bertz CT molecular complexity index is 3930. The largest absolute Gasteiger partial charge is 0.510 e. The van der Waals surface area contributed by atoms with Crippen LogP contribution in [0.4, 0.5) is 0 Å². The molecule has 0 aliphatic rings. The van der Waals surface area contributed by atoms with Crippen LogP contribution in [0.1, 0.15) is 59.5 Å². The van der Waals surface area contributed by atoms with Gasteiger partial charge in [-0.05, 0) is 91.0 Å². The fourth-order valence-corrected chi connectivity index (χ4v) is 9.25. The molecule has 0 bridgehead atoms. The number of imidazole rings is 1. The summed E-state index contributed by atoms with van der Waals surface area (Å²) in [7, 11) is 0. The number of hydrogen-bond donors (Lipinski definition) is 0. The maximum Gasteiger partial charge on any atom is 0.268 e. The quantitative estimate of drug-likeness (QED) is 0.107. The van der Waals surface area contributed by atoms with Crippen molar-refractivity contribution >= 4 is 32.8 Å². The van der Waals surface area contributed by atoms with Gasteiger partial charge in [-0.25, -0.2) is 4.98 Å². The van der Waals surface area contributed by atoms with Gasteiger partial charge < -0.3 is 13.9 Å². The van der Waals surface area contributed by atoms with Crippen LogP contribution < -0.4 is 9.30 Å². The van der Waals surface area contributed by atoms with Crippen LogP contribution in [-0.4, -0.2) is 14.1 Å². The second-order valence-corrected chi connectivity index (χ2v) is 19.6. The normalized spacial score (nSPS) is 12.9. The first-order valence-corrected chi connectivity index (χ1v) is 23.0. The van der Waals surface area contributed by atoms with Crippen molar-refractivity contribution in [2.75, 3.05) is 0 Å². The molecule has 0 fully saturated rings. The maximum absolute atomic E-state index is 9.13. The zero-order valence-corrected chi connectivity index (χ0v) is 41.6. The van der Waals surface area contributed by atoms with E-state index in [0.29, 0.717) is 28.4 Å². The number of pyridine rings is 1. The first-order valence-electron chi connectivity index (χ1n) is 25.5. The Morgan fingerprint density at radius 3 is 2.13 bits per heavy atom. The number of fused-ring (bicyclic) bond motifs is 4. The molecular formula is C63H52N4OPt-2. The summed E-state index contributed by atoms with van der Waals surface area (Å²) in [6, 6.07) is 58.4. The van der Waals surface area contributed by atoms with Crippen molar-refractivity contribution in [2.45, 2.75) is 53.4 Å². The van der Waals surface area contributed by atoms with Gasteiger partial charge in [0.1, 0.15) is 5.82 Å². The average Bonchev–Trinajstić information content (AvgIpc) is 3.93.